The lowest BCUT2D eigenvalue weighted by molar-refractivity contribution is -0.141. The summed E-state index contributed by atoms with van der Waals surface area (Å²) < 4.78 is 0. The molecule has 0 atom stereocenters. The Balaban J connectivity index is 2.72. The van der Waals surface area contributed by atoms with E-state index in [9.17, 15) is 4.79 Å². The van der Waals surface area contributed by atoms with Gasteiger partial charge in [-0.25, -0.2) is 4.79 Å². The Hall–Kier alpha value is -1.65. The second kappa shape index (κ2) is 5.12. The van der Waals surface area contributed by atoms with Crippen LogP contribution in [0.15, 0.2) is 12.1 Å². The lowest BCUT2D eigenvalue weighted by atomic mass is 10.1. The summed E-state index contributed by atoms with van der Waals surface area (Å²) in [5.41, 5.74) is -0.132. The third-order valence-electron chi connectivity index (χ3n) is 2.31. The number of aromatic nitrogens is 2. The fraction of sp³-hybridized carbons (Fsp3) is 0.583. The van der Waals surface area contributed by atoms with Crippen LogP contribution in [-0.2, 0) is 11.2 Å². The molecule has 0 amide bonds. The number of carboxylic acid groups (broad SMARTS) is 1. The summed E-state index contributed by atoms with van der Waals surface area (Å²) in [7, 11) is 0. The Morgan fingerprint density at radius 2 is 2.06 bits per heavy atom. The van der Waals surface area contributed by atoms with Crippen molar-refractivity contribution in [2.24, 2.45) is 5.92 Å². The highest BCUT2D eigenvalue weighted by Crippen LogP contribution is 2.13. The summed E-state index contributed by atoms with van der Waals surface area (Å²) in [6.45, 7) is 7.39. The van der Waals surface area contributed by atoms with E-state index in [4.69, 9.17) is 5.11 Å². The number of carboxylic acids is 1. The van der Waals surface area contributed by atoms with Crippen molar-refractivity contribution in [1.82, 2.24) is 10.2 Å². The molecule has 0 aromatic carbocycles. The smallest absolute Gasteiger partial charge is 0.328 e. The normalized spacial score (nSPS) is 11.6. The lowest BCUT2D eigenvalue weighted by Crippen LogP contribution is -2.40. The van der Waals surface area contributed by atoms with Gasteiger partial charge in [0.2, 0.25) is 0 Å². The Morgan fingerprint density at radius 1 is 1.41 bits per heavy atom. The largest absolute Gasteiger partial charge is 0.480 e. The van der Waals surface area contributed by atoms with Crippen LogP contribution < -0.4 is 5.32 Å². The Morgan fingerprint density at radius 3 is 2.47 bits per heavy atom. The van der Waals surface area contributed by atoms with Crippen LogP contribution in [0.3, 0.4) is 0 Å². The highest BCUT2D eigenvalue weighted by molar-refractivity contribution is 5.81. The molecule has 0 fully saturated rings. The van der Waals surface area contributed by atoms with Crippen LogP contribution in [0.25, 0.3) is 0 Å². The predicted molar refractivity (Wildman–Crippen MR) is 65.9 cm³/mol. The van der Waals surface area contributed by atoms with Crippen molar-refractivity contribution in [2.45, 2.75) is 39.7 Å². The van der Waals surface area contributed by atoms with Crippen LogP contribution >= 0.6 is 0 Å². The van der Waals surface area contributed by atoms with Gasteiger partial charge in [0.05, 0.1) is 5.69 Å². The molecule has 1 aromatic rings. The van der Waals surface area contributed by atoms with E-state index in [1.54, 1.807) is 19.9 Å². The molecule has 1 heterocycles. The molecule has 0 bridgehead atoms. The van der Waals surface area contributed by atoms with E-state index in [0.717, 1.165) is 12.1 Å². The highest BCUT2D eigenvalue weighted by Gasteiger charge is 2.27. The molecule has 1 rings (SSSR count). The number of nitrogens with one attached hydrogen (secondary N) is 1. The SMILES string of the molecule is CC(C)Cc1ccc(NC(C)(C)C(=O)O)nn1. The monoisotopic (exact) mass is 237 g/mol. The van der Waals surface area contributed by atoms with E-state index < -0.39 is 11.5 Å². The zero-order valence-electron chi connectivity index (χ0n) is 10.7. The number of aliphatic carboxylic acids is 1. The van der Waals surface area contributed by atoms with Gasteiger partial charge < -0.3 is 10.4 Å². The van der Waals surface area contributed by atoms with Crippen LogP contribution in [0.1, 0.15) is 33.4 Å². The second-order valence-corrected chi connectivity index (χ2v) is 5.06. The van der Waals surface area contributed by atoms with Crippen molar-refractivity contribution < 1.29 is 9.90 Å². The number of hydrogen-bond donors (Lipinski definition) is 2. The zero-order valence-corrected chi connectivity index (χ0v) is 10.7. The summed E-state index contributed by atoms with van der Waals surface area (Å²) in [6, 6.07) is 3.63. The second-order valence-electron chi connectivity index (χ2n) is 5.06. The first kappa shape index (κ1) is 13.4. The van der Waals surface area contributed by atoms with Crippen molar-refractivity contribution >= 4 is 11.8 Å². The van der Waals surface area contributed by atoms with Crippen molar-refractivity contribution in [3.63, 3.8) is 0 Å². The van der Waals surface area contributed by atoms with Gasteiger partial charge in [-0.05, 0) is 38.3 Å². The summed E-state index contributed by atoms with van der Waals surface area (Å²) in [5, 5.41) is 19.8. The minimum Gasteiger partial charge on any atom is -0.480 e. The van der Waals surface area contributed by atoms with Gasteiger partial charge in [0.1, 0.15) is 11.4 Å². The molecule has 0 saturated carbocycles. The molecule has 0 aliphatic carbocycles. The maximum atomic E-state index is 10.9. The molecule has 1 aromatic heterocycles. The van der Waals surface area contributed by atoms with Gasteiger partial charge in [-0.3, -0.25) is 0 Å². The first-order valence-electron chi connectivity index (χ1n) is 5.65. The van der Waals surface area contributed by atoms with Crippen LogP contribution in [0.5, 0.6) is 0 Å². The molecule has 5 nitrogen and oxygen atoms in total. The molecule has 0 spiro atoms. The minimum atomic E-state index is -1.05. The first-order valence-corrected chi connectivity index (χ1v) is 5.65. The van der Waals surface area contributed by atoms with Crippen LogP contribution in [0.2, 0.25) is 0 Å². The van der Waals surface area contributed by atoms with Gasteiger partial charge in [-0.15, -0.1) is 5.10 Å². The molecule has 0 saturated heterocycles. The van der Waals surface area contributed by atoms with Gasteiger partial charge in [-0.1, -0.05) is 13.8 Å². The summed E-state index contributed by atoms with van der Waals surface area (Å²) in [4.78, 5) is 10.9. The lowest BCUT2D eigenvalue weighted by Gasteiger charge is -2.21. The fourth-order valence-electron chi connectivity index (χ4n) is 1.33. The van der Waals surface area contributed by atoms with Gasteiger partial charge in [0, 0.05) is 0 Å². The maximum Gasteiger partial charge on any atom is 0.328 e. The van der Waals surface area contributed by atoms with E-state index in [-0.39, 0.29) is 0 Å². The predicted octanol–water partition coefficient (Wildman–Crippen LogP) is 1.95. The molecule has 5 heteroatoms. The number of carbonyl (C=O) groups is 1. The molecule has 0 aliphatic heterocycles. The third-order valence-corrected chi connectivity index (χ3v) is 2.31. The standard InChI is InChI=1S/C12H19N3O2/c1-8(2)7-9-5-6-10(15-14-9)13-12(3,4)11(16)17/h5-6,8H,7H2,1-4H3,(H,13,15)(H,16,17). The fourth-order valence-corrected chi connectivity index (χ4v) is 1.33. The van der Waals surface area contributed by atoms with Gasteiger partial charge >= 0.3 is 5.97 Å². The first-order chi connectivity index (χ1) is 7.81. The minimum absolute atomic E-state index is 0.477. The van der Waals surface area contributed by atoms with Crippen LogP contribution in [0.4, 0.5) is 5.82 Å². The Kier molecular flexibility index (Phi) is 4.04. The average molecular weight is 237 g/mol. The number of nitrogens with zero attached hydrogens (tertiary/aromatic N) is 2. The Bertz CT molecular complexity index is 385. The van der Waals surface area contributed by atoms with E-state index in [2.05, 4.69) is 29.4 Å². The van der Waals surface area contributed by atoms with Crippen molar-refractivity contribution in [3.8, 4) is 0 Å². The molecular weight excluding hydrogens is 218 g/mol. The quantitative estimate of drug-likeness (QED) is 0.818. The third kappa shape index (κ3) is 4.01. The average Bonchev–Trinajstić information content (AvgIpc) is 2.19. The van der Waals surface area contributed by atoms with E-state index >= 15 is 0 Å². The maximum absolute atomic E-state index is 10.9. The van der Waals surface area contributed by atoms with E-state index in [0.29, 0.717) is 11.7 Å². The molecule has 17 heavy (non-hydrogen) atoms. The van der Waals surface area contributed by atoms with Gasteiger partial charge in [-0.2, -0.15) is 5.10 Å². The van der Waals surface area contributed by atoms with Crippen molar-refractivity contribution in [3.05, 3.63) is 17.8 Å². The van der Waals surface area contributed by atoms with Crippen molar-refractivity contribution in [2.75, 3.05) is 5.32 Å². The molecule has 94 valence electrons. The highest BCUT2D eigenvalue weighted by atomic mass is 16.4. The van der Waals surface area contributed by atoms with Crippen LogP contribution in [-0.4, -0.2) is 26.8 Å². The zero-order chi connectivity index (χ0) is 13.1. The summed E-state index contributed by atoms with van der Waals surface area (Å²) >= 11 is 0. The molecule has 0 aliphatic rings. The number of anilines is 1. The molecule has 2 N–H and O–H groups in total. The van der Waals surface area contributed by atoms with Gasteiger partial charge in [0.25, 0.3) is 0 Å². The summed E-state index contributed by atoms with van der Waals surface area (Å²) in [6.07, 6.45) is 0.871. The Labute approximate surface area is 101 Å². The van der Waals surface area contributed by atoms with E-state index in [1.807, 2.05) is 6.07 Å². The molecular formula is C12H19N3O2. The van der Waals surface area contributed by atoms with Gasteiger partial charge in [0.15, 0.2) is 0 Å². The molecule has 0 radical (unpaired) electrons. The molecule has 0 unspecified atom stereocenters. The number of hydrogen-bond acceptors (Lipinski definition) is 4. The topological polar surface area (TPSA) is 75.1 Å². The number of rotatable bonds is 5. The summed E-state index contributed by atoms with van der Waals surface area (Å²) in [5.74, 6) is 0.0778. The van der Waals surface area contributed by atoms with Crippen LogP contribution in [0, 0.1) is 5.92 Å². The van der Waals surface area contributed by atoms with Crippen molar-refractivity contribution in [1.29, 1.82) is 0 Å². The van der Waals surface area contributed by atoms with E-state index in [1.165, 1.54) is 0 Å².